The summed E-state index contributed by atoms with van der Waals surface area (Å²) in [7, 11) is 0. The summed E-state index contributed by atoms with van der Waals surface area (Å²) in [6.07, 6.45) is 0. The van der Waals surface area contributed by atoms with Crippen LogP contribution >= 0.6 is 11.6 Å². The normalized spacial score (nSPS) is 12.7. The van der Waals surface area contributed by atoms with Crippen molar-refractivity contribution in [2.45, 2.75) is 6.54 Å². The monoisotopic (exact) mass is 425 g/mol. The lowest BCUT2D eigenvalue weighted by molar-refractivity contribution is -0.121. The second kappa shape index (κ2) is 8.42. The van der Waals surface area contributed by atoms with Gasteiger partial charge < -0.3 is 20.3 Å². The van der Waals surface area contributed by atoms with E-state index in [0.717, 1.165) is 5.56 Å². The van der Waals surface area contributed by atoms with Gasteiger partial charge in [0.05, 0.1) is 12.2 Å². The molecule has 3 aromatic carbocycles. The molecule has 8 heteroatoms. The van der Waals surface area contributed by atoms with E-state index in [1.54, 1.807) is 59.5 Å². The lowest BCUT2D eigenvalue weighted by atomic mass is 10.1. The van der Waals surface area contributed by atoms with Crippen LogP contribution in [-0.2, 0) is 11.3 Å². The van der Waals surface area contributed by atoms with Crippen molar-refractivity contribution in [1.82, 2.24) is 0 Å². The maximum absolute atomic E-state index is 13.1. The number of anilines is 3. The molecule has 1 aliphatic heterocycles. The van der Waals surface area contributed by atoms with Crippen LogP contribution in [0.15, 0.2) is 66.7 Å². The molecule has 0 fully saturated rings. The van der Waals surface area contributed by atoms with Crippen molar-refractivity contribution >= 4 is 40.6 Å². The van der Waals surface area contributed by atoms with Crippen LogP contribution < -0.4 is 20.3 Å². The highest BCUT2D eigenvalue weighted by Gasteiger charge is 2.26. The highest BCUT2D eigenvalue weighted by molar-refractivity contribution is 6.30. The first-order valence-corrected chi connectivity index (χ1v) is 9.51. The molecule has 3 aromatic rings. The predicted molar refractivity (Wildman–Crippen MR) is 114 cm³/mol. The van der Waals surface area contributed by atoms with Crippen LogP contribution in [0.4, 0.5) is 26.2 Å². The molecule has 0 radical (unpaired) electrons. The number of hydrogen-bond acceptors (Lipinski definition) is 3. The third-order valence-corrected chi connectivity index (χ3v) is 4.73. The van der Waals surface area contributed by atoms with Crippen molar-refractivity contribution in [2.75, 3.05) is 22.1 Å². The molecule has 1 aliphatic rings. The van der Waals surface area contributed by atoms with Gasteiger partial charge in [-0.3, -0.25) is 4.79 Å². The van der Waals surface area contributed by atoms with E-state index in [9.17, 15) is 14.0 Å². The van der Waals surface area contributed by atoms with E-state index in [0.29, 0.717) is 27.8 Å². The first-order chi connectivity index (χ1) is 14.5. The molecule has 0 spiro atoms. The van der Waals surface area contributed by atoms with Crippen molar-refractivity contribution in [2.24, 2.45) is 0 Å². The van der Waals surface area contributed by atoms with E-state index in [4.69, 9.17) is 16.3 Å². The minimum atomic E-state index is -0.438. The van der Waals surface area contributed by atoms with Gasteiger partial charge in [0, 0.05) is 22.5 Å². The third kappa shape index (κ3) is 4.52. The molecular formula is C22H17ClFN3O3. The topological polar surface area (TPSA) is 70.7 Å². The number of benzene rings is 3. The van der Waals surface area contributed by atoms with Gasteiger partial charge in [-0.15, -0.1) is 0 Å². The van der Waals surface area contributed by atoms with E-state index in [1.165, 1.54) is 12.1 Å². The first kappa shape index (κ1) is 19.7. The molecule has 0 saturated carbocycles. The first-order valence-electron chi connectivity index (χ1n) is 9.13. The number of rotatable bonds is 4. The Labute approximate surface area is 177 Å². The summed E-state index contributed by atoms with van der Waals surface area (Å²) in [6, 6.07) is 17.4. The molecule has 0 saturated heterocycles. The zero-order valence-electron chi connectivity index (χ0n) is 15.7. The summed E-state index contributed by atoms with van der Waals surface area (Å²) in [5, 5.41) is 5.93. The predicted octanol–water partition coefficient (Wildman–Crippen LogP) is 5.05. The Bertz CT molecular complexity index is 1110. The number of nitrogens with zero attached hydrogens (tertiary/aromatic N) is 1. The van der Waals surface area contributed by atoms with Crippen LogP contribution in [0.5, 0.6) is 5.75 Å². The summed E-state index contributed by atoms with van der Waals surface area (Å²) in [4.78, 5) is 26.2. The fourth-order valence-electron chi connectivity index (χ4n) is 3.09. The standard InChI is InChI=1S/C22H17ClFN3O3/c23-15-2-1-3-17(10-15)25-22(29)26-18-8-9-19-20(11-18)30-13-21(28)27(19)12-14-4-6-16(24)7-5-14/h1-11H,12-13H2,(H2,25,26,29). The van der Waals surface area contributed by atoms with Crippen LogP contribution in [-0.4, -0.2) is 18.5 Å². The Kier molecular flexibility index (Phi) is 5.54. The highest BCUT2D eigenvalue weighted by atomic mass is 35.5. The van der Waals surface area contributed by atoms with Gasteiger partial charge in [0.15, 0.2) is 6.61 Å². The molecule has 3 amide bonds. The van der Waals surface area contributed by atoms with Crippen LogP contribution in [0.3, 0.4) is 0 Å². The Hall–Kier alpha value is -3.58. The van der Waals surface area contributed by atoms with E-state index >= 15 is 0 Å². The van der Waals surface area contributed by atoms with E-state index in [1.807, 2.05) is 0 Å². The fourth-order valence-corrected chi connectivity index (χ4v) is 3.28. The average Bonchev–Trinajstić information content (AvgIpc) is 2.71. The molecule has 0 atom stereocenters. The van der Waals surface area contributed by atoms with Gasteiger partial charge in [-0.25, -0.2) is 9.18 Å². The zero-order chi connectivity index (χ0) is 21.1. The van der Waals surface area contributed by atoms with Gasteiger partial charge in [-0.05, 0) is 48.0 Å². The maximum atomic E-state index is 13.1. The molecule has 4 rings (SSSR count). The van der Waals surface area contributed by atoms with Gasteiger partial charge in [0.1, 0.15) is 11.6 Å². The summed E-state index contributed by atoms with van der Waals surface area (Å²) < 4.78 is 18.7. The second-order valence-electron chi connectivity index (χ2n) is 6.67. The average molecular weight is 426 g/mol. The largest absolute Gasteiger partial charge is 0.481 e. The smallest absolute Gasteiger partial charge is 0.323 e. The van der Waals surface area contributed by atoms with Gasteiger partial charge in [0.25, 0.3) is 5.91 Å². The molecule has 6 nitrogen and oxygen atoms in total. The molecular weight excluding hydrogens is 409 g/mol. The summed E-state index contributed by atoms with van der Waals surface area (Å²) in [6.45, 7) is 0.170. The van der Waals surface area contributed by atoms with E-state index < -0.39 is 6.03 Å². The number of hydrogen-bond donors (Lipinski definition) is 2. The van der Waals surface area contributed by atoms with Crippen LogP contribution in [0.25, 0.3) is 0 Å². The Balaban J connectivity index is 1.49. The fraction of sp³-hybridized carbons (Fsp3) is 0.0909. The van der Waals surface area contributed by atoms with Crippen molar-refractivity contribution in [1.29, 1.82) is 0 Å². The number of nitrogens with one attached hydrogen (secondary N) is 2. The van der Waals surface area contributed by atoms with Crippen molar-refractivity contribution in [3.05, 3.63) is 83.1 Å². The van der Waals surface area contributed by atoms with E-state index in [2.05, 4.69) is 10.6 Å². The summed E-state index contributed by atoms with van der Waals surface area (Å²) in [5.41, 5.74) is 2.44. The molecule has 0 unspecified atom stereocenters. The molecule has 2 N–H and O–H groups in total. The zero-order valence-corrected chi connectivity index (χ0v) is 16.4. The molecule has 0 bridgehead atoms. The van der Waals surface area contributed by atoms with Crippen molar-refractivity contribution < 1.29 is 18.7 Å². The number of urea groups is 1. The molecule has 0 aromatic heterocycles. The van der Waals surface area contributed by atoms with E-state index in [-0.39, 0.29) is 24.9 Å². The minimum Gasteiger partial charge on any atom is -0.481 e. The van der Waals surface area contributed by atoms with Crippen molar-refractivity contribution in [3.8, 4) is 5.75 Å². The molecule has 152 valence electrons. The minimum absolute atomic E-state index is 0.119. The molecule has 0 aliphatic carbocycles. The third-order valence-electron chi connectivity index (χ3n) is 4.50. The lowest BCUT2D eigenvalue weighted by Gasteiger charge is -2.29. The number of fused-ring (bicyclic) bond motifs is 1. The highest BCUT2D eigenvalue weighted by Crippen LogP contribution is 2.35. The number of amides is 3. The quantitative estimate of drug-likeness (QED) is 0.614. The van der Waals surface area contributed by atoms with Crippen molar-refractivity contribution in [3.63, 3.8) is 0 Å². The lowest BCUT2D eigenvalue weighted by Crippen LogP contribution is -2.38. The summed E-state index contributed by atoms with van der Waals surface area (Å²) >= 11 is 5.92. The number of carbonyl (C=O) groups excluding carboxylic acids is 2. The Morgan fingerprint density at radius 2 is 1.77 bits per heavy atom. The second-order valence-corrected chi connectivity index (χ2v) is 7.10. The molecule has 30 heavy (non-hydrogen) atoms. The summed E-state index contributed by atoms with van der Waals surface area (Å²) in [5.74, 6) is -0.0669. The number of ether oxygens (including phenoxy) is 1. The van der Waals surface area contributed by atoms with Crippen LogP contribution in [0, 0.1) is 5.82 Å². The van der Waals surface area contributed by atoms with Crippen LogP contribution in [0.1, 0.15) is 5.56 Å². The van der Waals surface area contributed by atoms with Crippen LogP contribution in [0.2, 0.25) is 5.02 Å². The SMILES string of the molecule is O=C(Nc1cccc(Cl)c1)Nc1ccc2c(c1)OCC(=O)N2Cc1ccc(F)cc1. The Morgan fingerprint density at radius 3 is 2.50 bits per heavy atom. The van der Waals surface area contributed by atoms with Gasteiger partial charge in [-0.2, -0.15) is 0 Å². The van der Waals surface area contributed by atoms with Gasteiger partial charge >= 0.3 is 6.03 Å². The Morgan fingerprint density at radius 1 is 1.03 bits per heavy atom. The maximum Gasteiger partial charge on any atom is 0.323 e. The number of halogens is 2. The molecule has 1 heterocycles. The number of carbonyl (C=O) groups is 2. The van der Waals surface area contributed by atoms with Gasteiger partial charge in [0.2, 0.25) is 0 Å². The van der Waals surface area contributed by atoms with Gasteiger partial charge in [-0.1, -0.05) is 29.8 Å².